The first-order valence-corrected chi connectivity index (χ1v) is 16.3. The third kappa shape index (κ3) is 8.10. The van der Waals surface area contributed by atoms with Crippen LogP contribution in [0.3, 0.4) is 0 Å². The number of urea groups is 1. The van der Waals surface area contributed by atoms with Crippen molar-refractivity contribution in [3.05, 3.63) is 72.3 Å². The quantitative estimate of drug-likeness (QED) is 0.174. The Morgan fingerprint density at radius 2 is 1.67 bits per heavy atom. The van der Waals surface area contributed by atoms with E-state index in [0.29, 0.717) is 53.4 Å². The van der Waals surface area contributed by atoms with E-state index in [2.05, 4.69) is 16.0 Å². The topological polar surface area (TPSA) is 110 Å². The summed E-state index contributed by atoms with van der Waals surface area (Å²) in [5.41, 5.74) is 1.59. The van der Waals surface area contributed by atoms with Crippen molar-refractivity contribution in [2.75, 3.05) is 37.6 Å². The van der Waals surface area contributed by atoms with Crippen LogP contribution in [0, 0.1) is 0 Å². The van der Waals surface area contributed by atoms with E-state index in [0.717, 1.165) is 37.9 Å². The number of piperidine rings is 1. The van der Waals surface area contributed by atoms with Crippen LogP contribution in [-0.4, -0.2) is 57.1 Å². The zero-order chi connectivity index (χ0) is 32.5. The molecule has 2 atom stereocenters. The molecule has 10 heteroatoms. The Balaban J connectivity index is 1.24. The number of fused-ring (bicyclic) bond motifs is 2. The average Bonchev–Trinajstić information content (AvgIpc) is 3.37. The maximum atomic E-state index is 13.7. The second-order valence-corrected chi connectivity index (χ2v) is 11.9. The largest absolute Gasteiger partial charge is 0.493 e. The van der Waals surface area contributed by atoms with Gasteiger partial charge < -0.3 is 34.5 Å². The lowest BCUT2D eigenvalue weighted by Gasteiger charge is -2.35. The first kappa shape index (κ1) is 33.1. The number of ether oxygens (including phenoxy) is 4. The summed E-state index contributed by atoms with van der Waals surface area (Å²) >= 11 is 0. The molecule has 3 amide bonds. The normalized spacial score (nSPS) is 18.6. The fourth-order valence-electron chi connectivity index (χ4n) is 6.18. The second-order valence-electron chi connectivity index (χ2n) is 11.9. The summed E-state index contributed by atoms with van der Waals surface area (Å²) in [5, 5.41) is 9.46. The van der Waals surface area contributed by atoms with Gasteiger partial charge in [-0.15, -0.1) is 0 Å². The molecule has 46 heavy (non-hydrogen) atoms. The van der Waals surface area contributed by atoms with Crippen molar-refractivity contribution >= 4 is 23.3 Å². The van der Waals surface area contributed by atoms with Crippen LogP contribution >= 0.6 is 0 Å². The minimum atomic E-state index is -0.283. The summed E-state index contributed by atoms with van der Waals surface area (Å²) in [5.74, 6) is 2.16. The van der Waals surface area contributed by atoms with Gasteiger partial charge in [0, 0.05) is 61.6 Å². The van der Waals surface area contributed by atoms with Crippen LogP contribution in [0.15, 0.2) is 66.7 Å². The van der Waals surface area contributed by atoms with Crippen molar-refractivity contribution in [3.8, 4) is 23.0 Å². The lowest BCUT2D eigenvalue weighted by Crippen LogP contribution is -2.50. The molecule has 2 heterocycles. The van der Waals surface area contributed by atoms with E-state index in [1.54, 1.807) is 49.5 Å². The smallest absolute Gasteiger partial charge is 0.319 e. The van der Waals surface area contributed by atoms with Gasteiger partial charge in [0.1, 0.15) is 11.5 Å². The number of methoxy groups -OCH3 is 2. The Labute approximate surface area is 271 Å². The van der Waals surface area contributed by atoms with Crippen LogP contribution < -0.4 is 35.1 Å². The van der Waals surface area contributed by atoms with E-state index in [-0.39, 0.29) is 23.7 Å². The third-order valence-electron chi connectivity index (χ3n) is 8.79. The molecule has 2 aliphatic heterocycles. The second kappa shape index (κ2) is 15.3. The summed E-state index contributed by atoms with van der Waals surface area (Å²) in [6.45, 7) is 4.85. The van der Waals surface area contributed by atoms with Crippen molar-refractivity contribution in [2.24, 2.45) is 0 Å². The highest BCUT2D eigenvalue weighted by Gasteiger charge is 2.43. The Hall–Kier alpha value is -4.28. The van der Waals surface area contributed by atoms with Gasteiger partial charge in [-0.3, -0.25) is 10.1 Å². The Morgan fingerprint density at radius 1 is 0.935 bits per heavy atom. The molecule has 3 N–H and O–H groups in total. The van der Waals surface area contributed by atoms with E-state index in [9.17, 15) is 9.59 Å². The molecule has 10 nitrogen and oxygen atoms in total. The average molecular weight is 631 g/mol. The molecule has 2 unspecified atom stereocenters. The van der Waals surface area contributed by atoms with E-state index >= 15 is 0 Å². The van der Waals surface area contributed by atoms with Crippen LogP contribution in [0.2, 0.25) is 0 Å². The molecule has 3 aromatic rings. The molecule has 0 spiro atoms. The van der Waals surface area contributed by atoms with Crippen LogP contribution in [0.5, 0.6) is 23.0 Å². The van der Waals surface area contributed by atoms with Crippen LogP contribution in [0.25, 0.3) is 0 Å². The van der Waals surface area contributed by atoms with Gasteiger partial charge in [0.2, 0.25) is 0 Å². The Morgan fingerprint density at radius 3 is 2.37 bits per heavy atom. The van der Waals surface area contributed by atoms with Gasteiger partial charge in [-0.2, -0.15) is 0 Å². The predicted octanol–water partition coefficient (Wildman–Crippen LogP) is 7.10. The van der Waals surface area contributed by atoms with E-state index < -0.39 is 0 Å². The molecule has 246 valence electrons. The van der Waals surface area contributed by atoms with Crippen LogP contribution in [0.1, 0.15) is 69.2 Å². The van der Waals surface area contributed by atoms with E-state index in [1.807, 2.05) is 50.2 Å². The third-order valence-corrected chi connectivity index (χ3v) is 8.79. The number of benzene rings is 3. The van der Waals surface area contributed by atoms with Crippen molar-refractivity contribution < 1.29 is 28.5 Å². The monoisotopic (exact) mass is 630 g/mol. The van der Waals surface area contributed by atoms with Crippen LogP contribution in [0.4, 0.5) is 16.2 Å². The highest BCUT2D eigenvalue weighted by Crippen LogP contribution is 2.38. The summed E-state index contributed by atoms with van der Waals surface area (Å²) in [6, 6.07) is 20.3. The van der Waals surface area contributed by atoms with Gasteiger partial charge in [0.15, 0.2) is 17.2 Å². The minimum Gasteiger partial charge on any atom is -0.493 e. The zero-order valence-electron chi connectivity index (χ0n) is 27.3. The van der Waals surface area contributed by atoms with Crippen LogP contribution in [-0.2, 0) is 4.74 Å². The van der Waals surface area contributed by atoms with Crippen molar-refractivity contribution in [3.63, 3.8) is 0 Å². The van der Waals surface area contributed by atoms with Gasteiger partial charge in [-0.05, 0) is 92.8 Å². The predicted molar refractivity (Wildman–Crippen MR) is 179 cm³/mol. The summed E-state index contributed by atoms with van der Waals surface area (Å²) in [4.78, 5) is 27.8. The van der Waals surface area contributed by atoms with E-state index in [1.165, 1.54) is 12.8 Å². The molecule has 0 aromatic heterocycles. The Bertz CT molecular complexity index is 1460. The molecule has 2 saturated heterocycles. The van der Waals surface area contributed by atoms with Gasteiger partial charge in [0.25, 0.3) is 5.91 Å². The number of carbonyl (C=O) groups is 2. The molecule has 0 radical (unpaired) electrons. The zero-order valence-corrected chi connectivity index (χ0v) is 27.3. The van der Waals surface area contributed by atoms with Crippen molar-refractivity contribution in [2.45, 2.75) is 76.6 Å². The number of hydrogen-bond acceptors (Lipinski definition) is 7. The standard InChI is InChI=1S/C36H46N4O6/c1-5-26(6-2)37-35(42)38-28-11-18-32(33(24-28)44-4)45-30-16-12-29(13-17-30)40(22-23-43-3)34(41)25-9-14-31(15-10-25)46-36-20-7-8-27(39-36)19-21-36/h9-18,24,26-27,39H,5-8,19-23H2,1-4H3,(H2,37,38,42). The van der Waals surface area contributed by atoms with Gasteiger partial charge in [-0.25, -0.2) is 4.79 Å². The number of nitrogens with zero attached hydrogens (tertiary/aromatic N) is 1. The summed E-state index contributed by atoms with van der Waals surface area (Å²) < 4.78 is 23.4. The molecule has 2 fully saturated rings. The number of anilines is 2. The molecule has 2 aliphatic rings. The fourth-order valence-corrected chi connectivity index (χ4v) is 6.18. The SMILES string of the molecule is CCC(CC)NC(=O)Nc1ccc(Oc2ccc(N(CCOC)C(=O)c3ccc(OC45CCCC(CC4)N5)cc3)cc2)c(OC)c1. The van der Waals surface area contributed by atoms with Gasteiger partial charge in [0.05, 0.1) is 13.7 Å². The minimum absolute atomic E-state index is 0.117. The highest BCUT2D eigenvalue weighted by atomic mass is 16.5. The number of nitrogens with one attached hydrogen (secondary N) is 3. The number of rotatable bonds is 14. The summed E-state index contributed by atoms with van der Waals surface area (Å²) in [7, 11) is 3.17. The lowest BCUT2D eigenvalue weighted by atomic mass is 10.0. The maximum absolute atomic E-state index is 13.7. The maximum Gasteiger partial charge on any atom is 0.319 e. The molecule has 2 bridgehead atoms. The molecular weight excluding hydrogens is 584 g/mol. The van der Waals surface area contributed by atoms with Gasteiger partial charge >= 0.3 is 6.03 Å². The molecular formula is C36H46N4O6. The van der Waals surface area contributed by atoms with E-state index in [4.69, 9.17) is 18.9 Å². The highest BCUT2D eigenvalue weighted by molar-refractivity contribution is 6.06. The number of hydrogen-bond donors (Lipinski definition) is 3. The Kier molecular flexibility index (Phi) is 11.0. The fraction of sp³-hybridized carbons (Fsp3) is 0.444. The number of amides is 3. The van der Waals surface area contributed by atoms with Crippen molar-refractivity contribution in [1.82, 2.24) is 10.6 Å². The lowest BCUT2D eigenvalue weighted by molar-refractivity contribution is 0.0236. The first-order valence-electron chi connectivity index (χ1n) is 16.3. The number of carbonyl (C=O) groups excluding carboxylic acids is 2. The first-order chi connectivity index (χ1) is 22.3. The summed E-state index contributed by atoms with van der Waals surface area (Å²) in [6.07, 6.45) is 7.25. The van der Waals surface area contributed by atoms with Crippen molar-refractivity contribution in [1.29, 1.82) is 0 Å². The van der Waals surface area contributed by atoms with Gasteiger partial charge in [-0.1, -0.05) is 13.8 Å². The molecule has 5 rings (SSSR count). The molecule has 0 saturated carbocycles. The molecule has 3 aromatic carbocycles. The molecule has 0 aliphatic carbocycles.